The first-order valence-electron chi connectivity index (χ1n) is 10.5. The average molecular weight is 430 g/mol. The van der Waals surface area contributed by atoms with Crippen LogP contribution in [0.1, 0.15) is 24.6 Å². The third-order valence-corrected chi connectivity index (χ3v) is 5.24. The number of anilines is 1. The van der Waals surface area contributed by atoms with Gasteiger partial charge in [-0.3, -0.25) is 14.6 Å². The van der Waals surface area contributed by atoms with Gasteiger partial charge in [0, 0.05) is 36.4 Å². The molecule has 0 radical (unpaired) electrons. The molecule has 0 unspecified atom stereocenters. The molecule has 2 heterocycles. The largest absolute Gasteiger partial charge is 0.311 e. The van der Waals surface area contributed by atoms with Crippen molar-refractivity contribution in [2.75, 3.05) is 11.4 Å². The first-order valence-corrected chi connectivity index (χ1v) is 10.5. The van der Waals surface area contributed by atoms with Gasteiger partial charge >= 0.3 is 0 Å². The fourth-order valence-corrected chi connectivity index (χ4v) is 3.69. The Bertz CT molecular complexity index is 1290. The fraction of sp³-hybridized carbons (Fsp3) is 0.200. The molecule has 0 aliphatic carbocycles. The van der Waals surface area contributed by atoms with Gasteiger partial charge in [0.15, 0.2) is 0 Å². The molecular weight excluding hydrogens is 407 g/mol. The molecule has 32 heavy (non-hydrogen) atoms. The van der Waals surface area contributed by atoms with Crippen LogP contribution in [0.3, 0.4) is 0 Å². The number of hydrogen-bond acceptors (Lipinski definition) is 4. The van der Waals surface area contributed by atoms with E-state index in [2.05, 4.69) is 10.1 Å². The van der Waals surface area contributed by atoms with E-state index in [9.17, 15) is 14.0 Å². The summed E-state index contributed by atoms with van der Waals surface area (Å²) in [5, 5.41) is 5.84. The van der Waals surface area contributed by atoms with Gasteiger partial charge in [-0.2, -0.15) is 5.10 Å². The minimum absolute atomic E-state index is 0.204. The number of amides is 1. The van der Waals surface area contributed by atoms with Crippen LogP contribution in [0.2, 0.25) is 0 Å². The second-order valence-corrected chi connectivity index (χ2v) is 7.51. The topological polar surface area (TPSA) is 68.1 Å². The number of benzene rings is 2. The van der Waals surface area contributed by atoms with E-state index >= 15 is 0 Å². The molecule has 0 aliphatic heterocycles. The highest BCUT2D eigenvalue weighted by molar-refractivity contribution is 5.93. The Morgan fingerprint density at radius 3 is 2.38 bits per heavy atom. The van der Waals surface area contributed by atoms with Gasteiger partial charge in [0.25, 0.3) is 5.56 Å². The molecule has 2 aromatic heterocycles. The number of fused-ring (bicyclic) bond motifs is 1. The zero-order valence-corrected chi connectivity index (χ0v) is 17.7. The number of rotatable bonds is 7. The van der Waals surface area contributed by atoms with Crippen molar-refractivity contribution in [3.8, 4) is 0 Å². The summed E-state index contributed by atoms with van der Waals surface area (Å²) in [5.41, 5.74) is 1.99. The van der Waals surface area contributed by atoms with E-state index in [1.165, 1.54) is 16.8 Å². The van der Waals surface area contributed by atoms with E-state index < -0.39 is 0 Å². The number of halogens is 1. The monoisotopic (exact) mass is 430 g/mol. The molecule has 2 aromatic carbocycles. The van der Waals surface area contributed by atoms with Crippen molar-refractivity contribution in [3.05, 3.63) is 100 Å². The number of aromatic nitrogens is 3. The third-order valence-electron chi connectivity index (χ3n) is 5.24. The lowest BCUT2D eigenvalue weighted by atomic mass is 10.1. The van der Waals surface area contributed by atoms with Gasteiger partial charge in [-0.05, 0) is 54.4 Å². The van der Waals surface area contributed by atoms with Gasteiger partial charge in [0.1, 0.15) is 12.4 Å². The zero-order chi connectivity index (χ0) is 22.5. The van der Waals surface area contributed by atoms with Crippen molar-refractivity contribution in [1.29, 1.82) is 0 Å². The maximum atomic E-state index is 13.3. The Labute approximate surface area is 185 Å². The van der Waals surface area contributed by atoms with Crippen LogP contribution in [-0.2, 0) is 17.8 Å². The van der Waals surface area contributed by atoms with Crippen LogP contribution < -0.4 is 10.5 Å². The Morgan fingerprint density at radius 1 is 1.00 bits per heavy atom. The Morgan fingerprint density at radius 2 is 1.69 bits per heavy atom. The van der Waals surface area contributed by atoms with Crippen LogP contribution in [0.15, 0.2) is 77.9 Å². The molecule has 0 N–H and O–H groups in total. The molecule has 0 fully saturated rings. The van der Waals surface area contributed by atoms with Crippen LogP contribution in [0, 0.1) is 5.82 Å². The summed E-state index contributed by atoms with van der Waals surface area (Å²) in [7, 11) is 0. The van der Waals surface area contributed by atoms with Gasteiger partial charge < -0.3 is 4.90 Å². The predicted octanol–water partition coefficient (Wildman–Crippen LogP) is 3.96. The van der Waals surface area contributed by atoms with E-state index in [4.69, 9.17) is 0 Å². The summed E-state index contributed by atoms with van der Waals surface area (Å²) in [6, 6.07) is 16.8. The Kier molecular flexibility index (Phi) is 6.35. The number of hydrogen-bond donors (Lipinski definition) is 0. The lowest BCUT2D eigenvalue weighted by molar-refractivity contribution is -0.119. The SMILES string of the molecule is CCCN(C(=O)Cn1nc(Cc2ccncc2)c2ccccc2c1=O)c1ccc(F)cc1. The van der Waals surface area contributed by atoms with E-state index in [-0.39, 0.29) is 23.8 Å². The lowest BCUT2D eigenvalue weighted by Gasteiger charge is -2.23. The van der Waals surface area contributed by atoms with Gasteiger partial charge in [-0.1, -0.05) is 25.1 Å². The minimum Gasteiger partial charge on any atom is -0.311 e. The maximum Gasteiger partial charge on any atom is 0.275 e. The van der Waals surface area contributed by atoms with Crippen LogP contribution in [0.4, 0.5) is 10.1 Å². The summed E-state index contributed by atoms with van der Waals surface area (Å²) in [5.74, 6) is -0.649. The second-order valence-electron chi connectivity index (χ2n) is 7.51. The van der Waals surface area contributed by atoms with Crippen LogP contribution in [-0.4, -0.2) is 27.2 Å². The van der Waals surface area contributed by atoms with Crippen molar-refractivity contribution in [2.24, 2.45) is 0 Å². The van der Waals surface area contributed by atoms with Crippen molar-refractivity contribution in [2.45, 2.75) is 26.3 Å². The lowest BCUT2D eigenvalue weighted by Crippen LogP contribution is -2.38. The van der Waals surface area contributed by atoms with Crippen molar-refractivity contribution >= 4 is 22.4 Å². The van der Waals surface area contributed by atoms with E-state index in [1.807, 2.05) is 31.2 Å². The summed E-state index contributed by atoms with van der Waals surface area (Å²) in [6.45, 7) is 2.21. The zero-order valence-electron chi connectivity index (χ0n) is 17.7. The third kappa shape index (κ3) is 4.56. The molecule has 4 aromatic rings. The standard InChI is InChI=1S/C25H23FN4O2/c1-2-15-29(20-9-7-19(26)8-10-20)24(31)17-30-25(32)22-6-4-3-5-21(22)23(28-30)16-18-11-13-27-14-12-18/h3-14H,2,15-17H2,1H3. The van der Waals surface area contributed by atoms with E-state index in [0.29, 0.717) is 29.7 Å². The summed E-state index contributed by atoms with van der Waals surface area (Å²) >= 11 is 0. The molecule has 0 bridgehead atoms. The minimum atomic E-state index is -0.370. The smallest absolute Gasteiger partial charge is 0.275 e. The molecule has 1 amide bonds. The molecule has 0 saturated carbocycles. The van der Waals surface area contributed by atoms with Crippen molar-refractivity contribution < 1.29 is 9.18 Å². The van der Waals surface area contributed by atoms with Crippen LogP contribution in [0.25, 0.3) is 10.8 Å². The fourth-order valence-electron chi connectivity index (χ4n) is 3.69. The maximum absolute atomic E-state index is 13.3. The molecule has 4 rings (SSSR count). The molecule has 0 atom stereocenters. The molecule has 0 aliphatic rings. The highest BCUT2D eigenvalue weighted by Gasteiger charge is 2.19. The summed E-state index contributed by atoms with van der Waals surface area (Å²) in [4.78, 5) is 31.9. The summed E-state index contributed by atoms with van der Waals surface area (Å²) < 4.78 is 14.6. The van der Waals surface area contributed by atoms with Gasteiger partial charge in [-0.25, -0.2) is 9.07 Å². The Hall–Kier alpha value is -3.87. The number of carbonyl (C=O) groups is 1. The van der Waals surface area contributed by atoms with Crippen molar-refractivity contribution in [1.82, 2.24) is 14.8 Å². The van der Waals surface area contributed by atoms with Crippen LogP contribution in [0.5, 0.6) is 0 Å². The Balaban J connectivity index is 1.71. The van der Waals surface area contributed by atoms with Crippen molar-refractivity contribution in [3.63, 3.8) is 0 Å². The van der Waals surface area contributed by atoms with E-state index in [1.54, 1.807) is 41.6 Å². The van der Waals surface area contributed by atoms with E-state index in [0.717, 1.165) is 17.4 Å². The number of nitrogens with zero attached hydrogens (tertiary/aromatic N) is 4. The normalized spacial score (nSPS) is 10.9. The number of carbonyl (C=O) groups excluding carboxylic acids is 1. The first kappa shape index (κ1) is 21.4. The molecule has 0 spiro atoms. The molecule has 0 saturated heterocycles. The average Bonchev–Trinajstić information content (AvgIpc) is 2.82. The van der Waals surface area contributed by atoms with Gasteiger partial charge in [0.05, 0.1) is 11.1 Å². The van der Waals surface area contributed by atoms with Gasteiger partial charge in [-0.15, -0.1) is 0 Å². The summed E-state index contributed by atoms with van der Waals surface area (Å²) in [6.07, 6.45) is 4.65. The first-order chi connectivity index (χ1) is 15.6. The highest BCUT2D eigenvalue weighted by Crippen LogP contribution is 2.18. The molecular formula is C25H23FN4O2. The van der Waals surface area contributed by atoms with Gasteiger partial charge in [0.2, 0.25) is 5.91 Å². The predicted molar refractivity (Wildman–Crippen MR) is 122 cm³/mol. The second kappa shape index (κ2) is 9.51. The quantitative estimate of drug-likeness (QED) is 0.445. The molecule has 6 nitrogen and oxygen atoms in total. The number of pyridine rings is 1. The highest BCUT2D eigenvalue weighted by atomic mass is 19.1. The molecule has 162 valence electrons. The molecule has 7 heteroatoms. The van der Waals surface area contributed by atoms with Crippen LogP contribution >= 0.6 is 0 Å².